The second-order valence-electron chi connectivity index (χ2n) is 6.00. The molecule has 0 saturated carbocycles. The number of esters is 1. The number of hydrogen-bond acceptors (Lipinski definition) is 9. The molecule has 146 valence electrons. The molecule has 0 amide bonds. The Balaban J connectivity index is 2.79. The highest BCUT2D eigenvalue weighted by atomic mass is 32.3. The Bertz CT molecular complexity index is 729. The third-order valence-corrected chi connectivity index (χ3v) is 8.85. The second kappa shape index (κ2) is 7.87. The van der Waals surface area contributed by atoms with E-state index in [2.05, 4.69) is 9.44 Å². The lowest BCUT2D eigenvalue weighted by atomic mass is 10.1. The minimum atomic E-state index is -4.43. The standard InChI is InChI=1S/C13H25N3O7S2/c1-5-22-12(17)11(14)8-6-7-9-16-10(2)15-23-25(20,21)13(3,4)24(16,18)19/h11H,5-9,14H2,1-4H3/t11-/m0/s1. The van der Waals surface area contributed by atoms with Gasteiger partial charge in [-0.1, -0.05) is 5.16 Å². The predicted molar refractivity (Wildman–Crippen MR) is 91.3 cm³/mol. The van der Waals surface area contributed by atoms with Gasteiger partial charge >= 0.3 is 16.1 Å². The van der Waals surface area contributed by atoms with Crippen LogP contribution in [-0.4, -0.2) is 56.2 Å². The quantitative estimate of drug-likeness (QED) is 0.469. The van der Waals surface area contributed by atoms with Gasteiger partial charge in [-0.3, -0.25) is 13.4 Å². The van der Waals surface area contributed by atoms with Crippen LogP contribution >= 0.6 is 0 Å². The normalized spacial score (nSPS) is 22.3. The fraction of sp³-hybridized carbons (Fsp3) is 0.846. The topological polar surface area (TPSA) is 145 Å². The van der Waals surface area contributed by atoms with Crippen molar-refractivity contribution >= 4 is 31.9 Å². The first-order chi connectivity index (χ1) is 11.4. The molecule has 0 aromatic heterocycles. The summed E-state index contributed by atoms with van der Waals surface area (Å²) in [7, 11) is -8.68. The third-order valence-electron chi connectivity index (χ3n) is 3.86. The zero-order valence-corrected chi connectivity index (χ0v) is 16.4. The molecule has 0 radical (unpaired) electrons. The van der Waals surface area contributed by atoms with Crippen molar-refractivity contribution in [2.24, 2.45) is 10.9 Å². The zero-order chi connectivity index (χ0) is 19.5. The van der Waals surface area contributed by atoms with E-state index < -0.39 is 36.2 Å². The van der Waals surface area contributed by atoms with Gasteiger partial charge in [-0.2, -0.15) is 8.42 Å². The monoisotopic (exact) mass is 399 g/mol. The molecule has 0 fully saturated rings. The summed E-state index contributed by atoms with van der Waals surface area (Å²) in [5.74, 6) is -0.591. The van der Waals surface area contributed by atoms with Crippen molar-refractivity contribution in [2.75, 3.05) is 13.2 Å². The number of unbranched alkanes of at least 4 members (excludes halogenated alkanes) is 1. The summed E-state index contributed by atoms with van der Waals surface area (Å²) in [5, 5.41) is 3.39. The minimum absolute atomic E-state index is 0.00444. The molecule has 0 unspecified atom stereocenters. The molecule has 0 spiro atoms. The molecule has 0 aromatic carbocycles. The summed E-state index contributed by atoms with van der Waals surface area (Å²) < 4.78 is 57.3. The zero-order valence-electron chi connectivity index (χ0n) is 14.8. The van der Waals surface area contributed by atoms with Gasteiger partial charge in [-0.05, 0) is 47.0 Å². The van der Waals surface area contributed by atoms with Gasteiger partial charge in [0, 0.05) is 6.54 Å². The number of oxime groups is 1. The van der Waals surface area contributed by atoms with E-state index >= 15 is 0 Å². The molecule has 0 saturated heterocycles. The van der Waals surface area contributed by atoms with Crippen LogP contribution in [-0.2, 0) is 34.0 Å². The summed E-state index contributed by atoms with van der Waals surface area (Å²) in [5.41, 5.74) is 5.68. The molecule has 1 aliphatic rings. The number of rotatable bonds is 7. The third kappa shape index (κ3) is 4.42. The maximum absolute atomic E-state index is 12.7. The van der Waals surface area contributed by atoms with Gasteiger partial charge in [-0.25, -0.2) is 8.42 Å². The van der Waals surface area contributed by atoms with Gasteiger partial charge in [0.05, 0.1) is 6.61 Å². The maximum atomic E-state index is 12.7. The van der Waals surface area contributed by atoms with Gasteiger partial charge in [-0.15, -0.1) is 0 Å². The molecule has 0 bridgehead atoms. The summed E-state index contributed by atoms with van der Waals surface area (Å²) in [4.78, 5) is 11.4. The number of carbonyl (C=O) groups is 1. The molecule has 1 rings (SSSR count). The van der Waals surface area contributed by atoms with Crippen LogP contribution in [0.5, 0.6) is 0 Å². The van der Waals surface area contributed by atoms with Gasteiger partial charge in [0.2, 0.25) is 4.08 Å². The van der Waals surface area contributed by atoms with Gasteiger partial charge < -0.3 is 10.5 Å². The first-order valence-electron chi connectivity index (χ1n) is 7.80. The van der Waals surface area contributed by atoms with E-state index in [1.807, 2.05) is 0 Å². The van der Waals surface area contributed by atoms with Crippen molar-refractivity contribution in [2.45, 2.75) is 57.1 Å². The summed E-state index contributed by atoms with van der Waals surface area (Å²) in [6, 6.07) is -0.782. The highest BCUT2D eigenvalue weighted by Crippen LogP contribution is 2.31. The number of hydrogen-bond donors (Lipinski definition) is 1. The molecule has 10 nitrogen and oxygen atoms in total. The van der Waals surface area contributed by atoms with E-state index in [9.17, 15) is 21.6 Å². The Morgan fingerprint density at radius 2 is 1.92 bits per heavy atom. The lowest BCUT2D eigenvalue weighted by Gasteiger charge is -2.28. The largest absolute Gasteiger partial charge is 0.465 e. The van der Waals surface area contributed by atoms with Crippen LogP contribution in [0.25, 0.3) is 0 Å². The van der Waals surface area contributed by atoms with E-state index in [1.54, 1.807) is 6.92 Å². The first kappa shape index (κ1) is 21.6. The highest BCUT2D eigenvalue weighted by molar-refractivity contribution is 8.07. The van der Waals surface area contributed by atoms with Crippen molar-refractivity contribution < 1.29 is 30.7 Å². The molecule has 0 aromatic rings. The van der Waals surface area contributed by atoms with Gasteiger partial charge in [0.25, 0.3) is 10.0 Å². The number of amidine groups is 1. The Morgan fingerprint density at radius 3 is 2.48 bits per heavy atom. The molecule has 1 aliphatic heterocycles. The highest BCUT2D eigenvalue weighted by Gasteiger charge is 2.54. The lowest BCUT2D eigenvalue weighted by molar-refractivity contribution is -0.144. The molecule has 2 N–H and O–H groups in total. The van der Waals surface area contributed by atoms with E-state index in [4.69, 9.17) is 10.5 Å². The molecular weight excluding hydrogens is 374 g/mol. The molecule has 0 aliphatic carbocycles. The molecule has 25 heavy (non-hydrogen) atoms. The van der Waals surface area contributed by atoms with E-state index in [-0.39, 0.29) is 19.0 Å². The number of ether oxygens (including phenoxy) is 1. The molecule has 1 atom stereocenters. The smallest absolute Gasteiger partial charge is 0.350 e. The van der Waals surface area contributed by atoms with Crippen molar-refractivity contribution in [3.8, 4) is 0 Å². The summed E-state index contributed by atoms with van der Waals surface area (Å²) in [6.45, 7) is 5.35. The number of nitrogens with two attached hydrogens (primary N) is 1. The Kier molecular flexibility index (Phi) is 6.81. The average Bonchev–Trinajstić information content (AvgIpc) is 2.55. The van der Waals surface area contributed by atoms with Crippen LogP contribution in [0.1, 0.15) is 47.0 Å². The Labute approximate surface area is 148 Å². The fourth-order valence-electron chi connectivity index (χ4n) is 2.08. The van der Waals surface area contributed by atoms with Crippen molar-refractivity contribution in [3.05, 3.63) is 0 Å². The lowest BCUT2D eigenvalue weighted by Crippen LogP contribution is -2.49. The van der Waals surface area contributed by atoms with E-state index in [1.165, 1.54) is 6.92 Å². The summed E-state index contributed by atoms with van der Waals surface area (Å²) in [6.07, 6.45) is 1.13. The average molecular weight is 399 g/mol. The van der Waals surface area contributed by atoms with Crippen LogP contribution in [0.3, 0.4) is 0 Å². The SMILES string of the molecule is CCOC(=O)[C@@H](N)CCCCN1C(C)=NOS(=O)(=O)C(C)(C)S1(=O)=O. The first-order valence-corrected chi connectivity index (χ1v) is 10.7. The molecular formula is C13H25N3O7S2. The van der Waals surface area contributed by atoms with Crippen LogP contribution in [0.2, 0.25) is 0 Å². The van der Waals surface area contributed by atoms with Crippen LogP contribution in [0.15, 0.2) is 5.16 Å². The van der Waals surface area contributed by atoms with Crippen molar-refractivity contribution in [3.63, 3.8) is 0 Å². The summed E-state index contributed by atoms with van der Waals surface area (Å²) >= 11 is 0. The Hall–Kier alpha value is -1.40. The van der Waals surface area contributed by atoms with Gasteiger partial charge in [0.15, 0.2) is 5.84 Å². The minimum Gasteiger partial charge on any atom is -0.465 e. The fourth-order valence-corrected chi connectivity index (χ4v) is 5.14. The molecule has 1 heterocycles. The van der Waals surface area contributed by atoms with Crippen LogP contribution in [0, 0.1) is 0 Å². The van der Waals surface area contributed by atoms with Crippen molar-refractivity contribution in [1.82, 2.24) is 4.31 Å². The number of sulfonamides is 1. The van der Waals surface area contributed by atoms with Crippen LogP contribution in [0.4, 0.5) is 0 Å². The number of carbonyl (C=O) groups excluding carboxylic acids is 1. The van der Waals surface area contributed by atoms with E-state index in [0.717, 1.165) is 18.2 Å². The van der Waals surface area contributed by atoms with E-state index in [0.29, 0.717) is 19.3 Å². The second-order valence-corrected chi connectivity index (χ2v) is 10.7. The predicted octanol–water partition coefficient (Wildman–Crippen LogP) is 0.108. The Morgan fingerprint density at radius 1 is 1.32 bits per heavy atom. The molecule has 12 heteroatoms. The van der Waals surface area contributed by atoms with Crippen LogP contribution < -0.4 is 5.73 Å². The van der Waals surface area contributed by atoms with Gasteiger partial charge in [0.1, 0.15) is 6.04 Å². The van der Waals surface area contributed by atoms with Crippen molar-refractivity contribution in [1.29, 1.82) is 0 Å². The number of nitrogens with zero attached hydrogens (tertiary/aromatic N) is 2. The maximum Gasteiger partial charge on any atom is 0.350 e.